The Hall–Kier alpha value is -1.16. The topological polar surface area (TPSA) is 66.4 Å². The fourth-order valence-electron chi connectivity index (χ4n) is 0.493. The number of Topliss-reactive ketones (excluding diaryl/α,β-unsaturated/α-hetero) is 1. The van der Waals surface area contributed by atoms with Crippen molar-refractivity contribution in [3.8, 4) is 0 Å². The number of aliphatic hydroxyl groups excluding tert-OH is 1. The van der Waals surface area contributed by atoms with E-state index in [0.29, 0.717) is 6.29 Å². The van der Waals surface area contributed by atoms with Gasteiger partial charge in [-0.1, -0.05) is 0 Å². The highest BCUT2D eigenvalue weighted by molar-refractivity contribution is 5.80. The summed E-state index contributed by atoms with van der Waals surface area (Å²) in [4.78, 5) is 20.4. The first kappa shape index (κ1) is 9.84. The molecule has 0 unspecified atom stereocenters. The van der Waals surface area contributed by atoms with Crippen LogP contribution in [0.2, 0.25) is 0 Å². The van der Waals surface area contributed by atoms with Crippen LogP contribution in [-0.4, -0.2) is 30.3 Å². The molecular weight excluding hydrogens is 146 g/mol. The number of carbonyl (C=O) groups is 2. The van der Waals surface area contributed by atoms with Gasteiger partial charge in [-0.15, -0.1) is 0 Å². The number of rotatable bonds is 6. The number of ketones is 1. The zero-order valence-corrected chi connectivity index (χ0v) is 6.12. The van der Waals surface area contributed by atoms with Gasteiger partial charge in [-0.2, -0.15) is 0 Å². The fraction of sp³-hybridized carbons (Fsp3) is 0.429. The van der Waals surface area contributed by atoms with Crippen LogP contribution in [0, 0.1) is 0 Å². The molecule has 0 aromatic carbocycles. The van der Waals surface area contributed by atoms with Crippen molar-refractivity contribution in [2.75, 3.05) is 13.2 Å². The molecule has 0 aromatic rings. The average Bonchev–Trinajstić information content (AvgIpc) is 1.99. The van der Waals surface area contributed by atoms with Crippen LogP contribution in [0.25, 0.3) is 0 Å². The predicted octanol–water partition coefficient (Wildman–Crippen LogP) is -0.760. The summed E-state index contributed by atoms with van der Waals surface area (Å²) < 4.78 is 0. The Morgan fingerprint density at radius 2 is 2.27 bits per heavy atom. The molecule has 62 valence electrons. The minimum atomic E-state index is -0.127. The van der Waals surface area contributed by atoms with E-state index >= 15 is 0 Å². The minimum absolute atomic E-state index is 0.0805. The van der Waals surface area contributed by atoms with E-state index in [9.17, 15) is 9.59 Å². The van der Waals surface area contributed by atoms with Crippen LogP contribution < -0.4 is 5.32 Å². The van der Waals surface area contributed by atoms with Gasteiger partial charge in [-0.05, 0) is 6.08 Å². The molecule has 4 nitrogen and oxygen atoms in total. The highest BCUT2D eigenvalue weighted by Gasteiger charge is 1.96. The summed E-state index contributed by atoms with van der Waals surface area (Å²) in [7, 11) is 0. The second-order valence-electron chi connectivity index (χ2n) is 1.89. The van der Waals surface area contributed by atoms with Gasteiger partial charge in [0.15, 0.2) is 5.78 Å². The molecule has 0 saturated heterocycles. The van der Waals surface area contributed by atoms with Gasteiger partial charge < -0.3 is 10.4 Å². The molecule has 0 heterocycles. The lowest BCUT2D eigenvalue weighted by atomic mass is 10.3. The van der Waals surface area contributed by atoms with E-state index < -0.39 is 0 Å². The van der Waals surface area contributed by atoms with Crippen LogP contribution in [0.4, 0.5) is 0 Å². The van der Waals surface area contributed by atoms with Crippen LogP contribution in [0.3, 0.4) is 0 Å². The number of aliphatic hydroxyl groups is 1. The number of nitrogens with one attached hydrogen (secondary N) is 1. The lowest BCUT2D eigenvalue weighted by Gasteiger charge is -1.96. The molecule has 0 aromatic heterocycles. The Bertz CT molecular complexity index is 154. The number of aldehydes is 1. The molecule has 0 bridgehead atoms. The van der Waals surface area contributed by atoms with Crippen molar-refractivity contribution >= 4 is 12.1 Å². The lowest BCUT2D eigenvalue weighted by Crippen LogP contribution is -2.18. The molecule has 2 N–H and O–H groups in total. The molecule has 0 aliphatic carbocycles. The summed E-state index contributed by atoms with van der Waals surface area (Å²) in [5.74, 6) is -0.0805. The second kappa shape index (κ2) is 6.95. The van der Waals surface area contributed by atoms with Gasteiger partial charge in [0, 0.05) is 12.6 Å². The van der Waals surface area contributed by atoms with Gasteiger partial charge in [-0.3, -0.25) is 9.59 Å². The van der Waals surface area contributed by atoms with E-state index in [-0.39, 0.29) is 25.4 Å². The van der Waals surface area contributed by atoms with E-state index in [4.69, 9.17) is 5.11 Å². The molecule has 0 amide bonds. The maximum absolute atomic E-state index is 10.7. The molecule has 0 fully saturated rings. The van der Waals surface area contributed by atoms with Gasteiger partial charge in [0.25, 0.3) is 0 Å². The first-order valence-electron chi connectivity index (χ1n) is 3.27. The number of allylic oxidation sites excluding steroid dienone is 1. The Kier molecular flexibility index (Phi) is 6.22. The summed E-state index contributed by atoms with van der Waals surface area (Å²) in [5.41, 5.74) is 0. The van der Waals surface area contributed by atoms with Gasteiger partial charge in [0.2, 0.25) is 0 Å². The predicted molar refractivity (Wildman–Crippen MR) is 39.9 cm³/mol. The summed E-state index contributed by atoms with van der Waals surface area (Å²) in [6, 6.07) is 0. The van der Waals surface area contributed by atoms with Crippen molar-refractivity contribution in [2.24, 2.45) is 0 Å². The van der Waals surface area contributed by atoms with Crippen LogP contribution in [-0.2, 0) is 9.59 Å². The van der Waals surface area contributed by atoms with Crippen molar-refractivity contribution in [2.45, 2.75) is 6.42 Å². The van der Waals surface area contributed by atoms with Crippen molar-refractivity contribution < 1.29 is 14.7 Å². The normalized spacial score (nSPS) is 9.91. The first-order chi connectivity index (χ1) is 5.31. The molecule has 0 aliphatic rings. The number of hydrogen-bond acceptors (Lipinski definition) is 4. The smallest absolute Gasteiger partial charge is 0.154 e. The first-order valence-corrected chi connectivity index (χ1v) is 3.27. The maximum Gasteiger partial charge on any atom is 0.154 e. The van der Waals surface area contributed by atoms with E-state index in [0.717, 1.165) is 0 Å². The third-order valence-electron chi connectivity index (χ3n) is 0.983. The summed E-state index contributed by atoms with van der Waals surface area (Å²) in [6.45, 7) is 0.0306. The lowest BCUT2D eigenvalue weighted by molar-refractivity contribution is -0.118. The van der Waals surface area contributed by atoms with Gasteiger partial charge >= 0.3 is 0 Å². The van der Waals surface area contributed by atoms with E-state index in [2.05, 4.69) is 5.32 Å². The molecule has 0 saturated carbocycles. The molecule has 0 rings (SSSR count). The zero-order valence-electron chi connectivity index (χ0n) is 6.12. The average molecular weight is 157 g/mol. The molecule has 4 heteroatoms. The molecule has 0 aliphatic heterocycles. The second-order valence-corrected chi connectivity index (χ2v) is 1.89. The highest BCUT2D eigenvalue weighted by atomic mass is 16.3. The number of hydrogen-bond donors (Lipinski definition) is 2. The SMILES string of the molecule is O=C/C=C/NCC(=O)CCO. The third-order valence-corrected chi connectivity index (χ3v) is 0.983. The largest absolute Gasteiger partial charge is 0.396 e. The zero-order chi connectivity index (χ0) is 8.53. The number of carbonyl (C=O) groups excluding carboxylic acids is 2. The maximum atomic E-state index is 10.7. The van der Waals surface area contributed by atoms with E-state index in [1.165, 1.54) is 12.3 Å². The van der Waals surface area contributed by atoms with Crippen LogP contribution in [0.1, 0.15) is 6.42 Å². The third kappa shape index (κ3) is 6.73. The van der Waals surface area contributed by atoms with Crippen molar-refractivity contribution in [3.05, 3.63) is 12.3 Å². The van der Waals surface area contributed by atoms with Crippen molar-refractivity contribution in [1.29, 1.82) is 0 Å². The quantitative estimate of drug-likeness (QED) is 0.393. The molecular formula is C7H11NO3. The Morgan fingerprint density at radius 1 is 1.55 bits per heavy atom. The van der Waals surface area contributed by atoms with Crippen molar-refractivity contribution in [1.82, 2.24) is 5.32 Å². The highest BCUT2D eigenvalue weighted by Crippen LogP contribution is 1.78. The molecule has 0 atom stereocenters. The van der Waals surface area contributed by atoms with E-state index in [1.807, 2.05) is 0 Å². The van der Waals surface area contributed by atoms with Crippen LogP contribution in [0.5, 0.6) is 0 Å². The van der Waals surface area contributed by atoms with E-state index in [1.54, 1.807) is 0 Å². The molecule has 11 heavy (non-hydrogen) atoms. The van der Waals surface area contributed by atoms with Crippen molar-refractivity contribution in [3.63, 3.8) is 0 Å². The monoisotopic (exact) mass is 157 g/mol. The fourth-order valence-corrected chi connectivity index (χ4v) is 0.493. The van der Waals surface area contributed by atoms with Crippen LogP contribution >= 0.6 is 0 Å². The molecule has 0 spiro atoms. The summed E-state index contributed by atoms with van der Waals surface area (Å²) in [5, 5.41) is 10.9. The Labute approximate surface area is 64.9 Å². The van der Waals surface area contributed by atoms with Gasteiger partial charge in [0.1, 0.15) is 6.29 Å². The molecule has 0 radical (unpaired) electrons. The minimum Gasteiger partial charge on any atom is -0.396 e. The Balaban J connectivity index is 3.30. The standard InChI is InChI=1S/C7H11NO3/c9-4-1-3-8-6-7(11)2-5-10/h1,3-4,8,10H,2,5-6H2/b3-1+. The Morgan fingerprint density at radius 3 is 2.82 bits per heavy atom. The summed E-state index contributed by atoms with van der Waals surface area (Å²) >= 11 is 0. The van der Waals surface area contributed by atoms with Crippen LogP contribution in [0.15, 0.2) is 12.3 Å². The summed E-state index contributed by atoms with van der Waals surface area (Å²) in [6.07, 6.45) is 3.42. The van der Waals surface area contributed by atoms with Gasteiger partial charge in [-0.25, -0.2) is 0 Å². The van der Waals surface area contributed by atoms with Gasteiger partial charge in [0.05, 0.1) is 13.2 Å².